The molecule has 0 saturated carbocycles. The number of aromatic nitrogens is 2. The number of aliphatic hydroxyl groups excluding tert-OH is 1. The normalized spacial score (nSPS) is 21.9. The Morgan fingerprint density at radius 1 is 1.11 bits per heavy atom. The van der Waals surface area contributed by atoms with E-state index in [2.05, 4.69) is 47.7 Å². The second-order valence-corrected chi connectivity index (χ2v) is 15.3. The van der Waals surface area contributed by atoms with Gasteiger partial charge in [-0.3, -0.25) is 9.59 Å². The summed E-state index contributed by atoms with van der Waals surface area (Å²) in [4.78, 5) is 39.7. The van der Waals surface area contributed by atoms with Crippen molar-refractivity contribution in [2.45, 2.75) is 77.9 Å². The minimum Gasteiger partial charge on any atom is -0.393 e. The van der Waals surface area contributed by atoms with Crippen molar-refractivity contribution >= 4 is 33.5 Å². The number of rotatable bonds is 9. The lowest BCUT2D eigenvalue weighted by Gasteiger charge is -2.34. The van der Waals surface area contributed by atoms with Gasteiger partial charge in [-0.05, 0) is 105 Å². The number of hydrogen-bond donors (Lipinski definition) is 4. The van der Waals surface area contributed by atoms with Gasteiger partial charge in [0.2, 0.25) is 0 Å². The van der Waals surface area contributed by atoms with Crippen LogP contribution in [0.2, 0.25) is 0 Å². The zero-order valence-electron chi connectivity index (χ0n) is 26.9. The van der Waals surface area contributed by atoms with Gasteiger partial charge < -0.3 is 26.0 Å². The molecule has 0 bridgehead atoms. The molecule has 45 heavy (non-hydrogen) atoms. The predicted molar refractivity (Wildman–Crippen MR) is 179 cm³/mol. The molecular weight excluding hydrogens is 584 g/mol. The summed E-state index contributed by atoms with van der Waals surface area (Å²) >= 11 is 1.35. The Morgan fingerprint density at radius 2 is 1.93 bits per heavy atom. The number of benzene rings is 1. The highest BCUT2D eigenvalue weighted by molar-refractivity contribution is 7.19. The number of carbonyl (C=O) groups excluding carboxylic acids is 2. The summed E-state index contributed by atoms with van der Waals surface area (Å²) in [6.07, 6.45) is 6.15. The Balaban J connectivity index is 1.19. The number of piperidine rings is 1. The van der Waals surface area contributed by atoms with Crippen LogP contribution in [0, 0.1) is 17.3 Å². The molecule has 3 aromatic rings. The van der Waals surface area contributed by atoms with E-state index in [1.165, 1.54) is 16.9 Å². The van der Waals surface area contributed by atoms with Crippen LogP contribution in [0.25, 0.3) is 10.3 Å². The van der Waals surface area contributed by atoms with Crippen molar-refractivity contribution in [1.82, 2.24) is 30.8 Å². The molecule has 10 heteroatoms. The minimum atomic E-state index is -0.295. The summed E-state index contributed by atoms with van der Waals surface area (Å²) in [5.41, 5.74) is 4.93. The van der Waals surface area contributed by atoms with Gasteiger partial charge in [-0.1, -0.05) is 44.2 Å². The minimum absolute atomic E-state index is 0.0891. The number of aliphatic hydroxyl groups is 1. The monoisotopic (exact) mass is 632 g/mol. The number of fused-ring (bicyclic) bond motifs is 2. The lowest BCUT2D eigenvalue weighted by molar-refractivity contribution is 0.0795. The molecule has 4 heterocycles. The van der Waals surface area contributed by atoms with E-state index in [1.807, 2.05) is 24.3 Å². The van der Waals surface area contributed by atoms with E-state index in [4.69, 9.17) is 9.97 Å². The second-order valence-electron chi connectivity index (χ2n) is 14.3. The molecule has 2 aromatic heterocycles. The van der Waals surface area contributed by atoms with Crippen molar-refractivity contribution < 1.29 is 14.7 Å². The standard InChI is InChI=1S/C35H48N6O3S/c1-35(2,3)26-7-8-28-25(18-26)19-30-33(39-28)45-34(40-30)32(44)38-29(12-16-41-14-10-27(42)11-15-41)23-5-4-6-24(17-23)31(43)37-21-22-9-13-36-20-22/h4-6,17,19,22,26-27,29,36,42H,7-16,18,20-21H2,1-3H3,(H,37,43)(H,38,44)/t22?,26-,29?/m0/s1. The number of hydrogen-bond acceptors (Lipinski definition) is 8. The van der Waals surface area contributed by atoms with Gasteiger partial charge in [-0.15, -0.1) is 0 Å². The van der Waals surface area contributed by atoms with E-state index in [-0.39, 0.29) is 29.4 Å². The third-order valence-corrected chi connectivity index (χ3v) is 11.0. The SMILES string of the molecule is CC(C)(C)[C@H]1CCc2nc3sc(C(=O)NC(CCN4CCC(O)CC4)c4cccc(C(=O)NCC5CCNC5)c4)nc3cc2C1. The topological polar surface area (TPSA) is 119 Å². The maximum atomic E-state index is 13.7. The molecule has 1 aliphatic carbocycles. The molecule has 2 fully saturated rings. The van der Waals surface area contributed by atoms with Crippen LogP contribution in [0.15, 0.2) is 30.3 Å². The van der Waals surface area contributed by atoms with Crippen LogP contribution < -0.4 is 16.0 Å². The van der Waals surface area contributed by atoms with Crippen LogP contribution in [-0.2, 0) is 12.8 Å². The van der Waals surface area contributed by atoms with Crippen LogP contribution in [0.3, 0.4) is 0 Å². The van der Waals surface area contributed by atoms with Crippen molar-refractivity contribution in [1.29, 1.82) is 0 Å². The van der Waals surface area contributed by atoms with Crippen LogP contribution in [0.4, 0.5) is 0 Å². The molecule has 9 nitrogen and oxygen atoms in total. The molecule has 2 unspecified atom stereocenters. The number of thiazole rings is 1. The number of nitrogens with one attached hydrogen (secondary N) is 3. The maximum absolute atomic E-state index is 13.7. The first-order valence-corrected chi connectivity index (χ1v) is 17.5. The molecule has 3 aliphatic rings. The fourth-order valence-electron chi connectivity index (χ4n) is 6.97. The smallest absolute Gasteiger partial charge is 0.280 e. The van der Waals surface area contributed by atoms with Gasteiger partial charge in [-0.25, -0.2) is 9.97 Å². The molecule has 2 amide bonds. The first-order chi connectivity index (χ1) is 21.6. The van der Waals surface area contributed by atoms with Gasteiger partial charge in [0.25, 0.3) is 11.8 Å². The summed E-state index contributed by atoms with van der Waals surface area (Å²) in [5, 5.41) is 20.1. The van der Waals surface area contributed by atoms with E-state index in [1.54, 1.807) is 0 Å². The predicted octanol–water partition coefficient (Wildman–Crippen LogP) is 4.50. The third-order valence-electron chi connectivity index (χ3n) is 10.0. The highest BCUT2D eigenvalue weighted by Gasteiger charge is 2.30. The molecule has 6 rings (SSSR count). The van der Waals surface area contributed by atoms with Crippen LogP contribution in [-0.4, -0.2) is 77.2 Å². The van der Waals surface area contributed by atoms with E-state index in [0.717, 1.165) is 92.9 Å². The van der Waals surface area contributed by atoms with Crippen molar-refractivity contribution in [3.8, 4) is 0 Å². The van der Waals surface area contributed by atoms with Crippen LogP contribution in [0.5, 0.6) is 0 Å². The van der Waals surface area contributed by atoms with E-state index in [0.29, 0.717) is 35.4 Å². The van der Waals surface area contributed by atoms with Gasteiger partial charge in [-0.2, -0.15) is 0 Å². The number of carbonyl (C=O) groups is 2. The van der Waals surface area contributed by atoms with Gasteiger partial charge in [0, 0.05) is 37.4 Å². The summed E-state index contributed by atoms with van der Waals surface area (Å²) in [7, 11) is 0. The average molecular weight is 633 g/mol. The molecule has 3 atom stereocenters. The van der Waals surface area contributed by atoms with Crippen molar-refractivity contribution in [2.24, 2.45) is 17.3 Å². The number of nitrogens with zero attached hydrogens (tertiary/aromatic N) is 3. The molecule has 1 aromatic carbocycles. The lowest BCUT2D eigenvalue weighted by atomic mass is 9.71. The Hall–Kier alpha value is -2.92. The Kier molecular flexibility index (Phi) is 9.85. The fourth-order valence-corrected chi connectivity index (χ4v) is 7.81. The number of likely N-dealkylation sites (tertiary alicyclic amines) is 1. The van der Waals surface area contributed by atoms with Gasteiger partial charge >= 0.3 is 0 Å². The first-order valence-electron chi connectivity index (χ1n) is 16.7. The highest BCUT2D eigenvalue weighted by Crippen LogP contribution is 2.38. The quantitative estimate of drug-likeness (QED) is 0.274. The molecular formula is C35H48N6O3S. The highest BCUT2D eigenvalue weighted by atomic mass is 32.1. The van der Waals surface area contributed by atoms with E-state index < -0.39 is 0 Å². The summed E-state index contributed by atoms with van der Waals surface area (Å²) in [6.45, 7) is 12.0. The number of amides is 2. The molecule has 2 saturated heterocycles. The largest absolute Gasteiger partial charge is 0.393 e. The van der Waals surface area contributed by atoms with E-state index in [9.17, 15) is 14.7 Å². The molecule has 2 aliphatic heterocycles. The van der Waals surface area contributed by atoms with E-state index >= 15 is 0 Å². The summed E-state index contributed by atoms with van der Waals surface area (Å²) < 4.78 is 0. The van der Waals surface area contributed by atoms with Gasteiger partial charge in [0.1, 0.15) is 10.3 Å². The maximum Gasteiger partial charge on any atom is 0.280 e. The molecule has 0 spiro atoms. The molecule has 0 radical (unpaired) electrons. The van der Waals surface area contributed by atoms with Crippen LogP contribution in [0.1, 0.15) is 95.9 Å². The van der Waals surface area contributed by atoms with Gasteiger partial charge in [0.05, 0.1) is 12.1 Å². The average Bonchev–Trinajstić information content (AvgIpc) is 3.71. The van der Waals surface area contributed by atoms with Crippen molar-refractivity contribution in [3.05, 3.63) is 57.7 Å². The third kappa shape index (κ3) is 7.91. The second kappa shape index (κ2) is 13.8. The van der Waals surface area contributed by atoms with Gasteiger partial charge in [0.15, 0.2) is 5.01 Å². The molecule has 242 valence electrons. The van der Waals surface area contributed by atoms with Crippen molar-refractivity contribution in [3.63, 3.8) is 0 Å². The number of aryl methyl sites for hydroxylation is 1. The fraction of sp³-hybridized carbons (Fsp3) is 0.600. The lowest BCUT2D eigenvalue weighted by Crippen LogP contribution is -2.38. The molecule has 4 N–H and O–H groups in total. The first kappa shape index (κ1) is 32.0. The zero-order valence-corrected chi connectivity index (χ0v) is 27.7. The summed E-state index contributed by atoms with van der Waals surface area (Å²) in [6, 6.07) is 9.48. The Morgan fingerprint density at radius 3 is 2.69 bits per heavy atom. The Bertz CT molecular complexity index is 1500. The van der Waals surface area contributed by atoms with Crippen LogP contribution >= 0.6 is 11.3 Å². The summed E-state index contributed by atoms with van der Waals surface area (Å²) in [5.74, 6) is 0.757. The zero-order chi connectivity index (χ0) is 31.6. The van der Waals surface area contributed by atoms with Crippen molar-refractivity contribution in [2.75, 3.05) is 39.3 Å². The Labute approximate surface area is 270 Å². The number of pyridine rings is 1.